The van der Waals surface area contributed by atoms with Gasteiger partial charge in [-0.15, -0.1) is 0 Å². The Labute approximate surface area is 189 Å². The Morgan fingerprint density at radius 1 is 1.19 bits per heavy atom. The zero-order valence-corrected chi connectivity index (χ0v) is 19.0. The van der Waals surface area contributed by atoms with Crippen molar-refractivity contribution in [2.75, 3.05) is 27.2 Å². The van der Waals surface area contributed by atoms with E-state index in [0.717, 1.165) is 36.9 Å². The maximum Gasteiger partial charge on any atom is 0.254 e. The van der Waals surface area contributed by atoms with Gasteiger partial charge >= 0.3 is 0 Å². The monoisotopic (exact) mass is 434 g/mol. The summed E-state index contributed by atoms with van der Waals surface area (Å²) in [5, 5.41) is 4.03. The van der Waals surface area contributed by atoms with Crippen molar-refractivity contribution in [1.82, 2.24) is 19.9 Å². The predicted molar refractivity (Wildman–Crippen MR) is 122 cm³/mol. The lowest BCUT2D eigenvalue weighted by atomic mass is 9.99. The van der Waals surface area contributed by atoms with Crippen LogP contribution >= 0.6 is 0 Å². The van der Waals surface area contributed by atoms with Crippen LogP contribution in [-0.4, -0.2) is 53.1 Å². The van der Waals surface area contributed by atoms with Gasteiger partial charge in [0.05, 0.1) is 13.7 Å². The third-order valence-electron chi connectivity index (χ3n) is 5.88. The molecule has 0 N–H and O–H groups in total. The topological polar surface area (TPSA) is 71.7 Å². The van der Waals surface area contributed by atoms with Crippen LogP contribution in [0.1, 0.15) is 41.6 Å². The van der Waals surface area contributed by atoms with E-state index in [1.54, 1.807) is 19.1 Å². The van der Waals surface area contributed by atoms with Crippen LogP contribution in [0.15, 0.2) is 53.1 Å². The molecule has 7 nitrogen and oxygen atoms in total. The van der Waals surface area contributed by atoms with E-state index in [2.05, 4.69) is 34.1 Å². The van der Waals surface area contributed by atoms with Crippen LogP contribution in [0.5, 0.6) is 5.75 Å². The maximum absolute atomic E-state index is 12.9. The first-order valence-corrected chi connectivity index (χ1v) is 11.1. The maximum atomic E-state index is 12.9. The van der Waals surface area contributed by atoms with Gasteiger partial charge in [-0.3, -0.25) is 9.69 Å². The number of hydrogen-bond donors (Lipinski definition) is 0. The van der Waals surface area contributed by atoms with Crippen LogP contribution in [0.4, 0.5) is 0 Å². The highest BCUT2D eigenvalue weighted by atomic mass is 16.5. The number of benzene rings is 2. The number of aromatic nitrogens is 2. The van der Waals surface area contributed by atoms with Crippen molar-refractivity contribution in [1.29, 1.82) is 0 Å². The summed E-state index contributed by atoms with van der Waals surface area (Å²) in [5.41, 5.74) is 2.71. The van der Waals surface area contributed by atoms with Crippen LogP contribution < -0.4 is 4.74 Å². The molecule has 32 heavy (non-hydrogen) atoms. The van der Waals surface area contributed by atoms with Crippen LogP contribution in [0, 0.1) is 5.92 Å². The van der Waals surface area contributed by atoms with Gasteiger partial charge in [0.1, 0.15) is 5.75 Å². The van der Waals surface area contributed by atoms with Crippen LogP contribution in [0.25, 0.3) is 11.4 Å². The first-order chi connectivity index (χ1) is 15.5. The largest absolute Gasteiger partial charge is 0.497 e. The number of amides is 1. The molecular formula is C25H30N4O3. The van der Waals surface area contributed by atoms with E-state index in [1.807, 2.05) is 36.4 Å². The van der Waals surface area contributed by atoms with E-state index in [0.29, 0.717) is 17.3 Å². The molecule has 1 amide bonds. The second-order valence-electron chi connectivity index (χ2n) is 8.58. The smallest absolute Gasteiger partial charge is 0.254 e. The molecule has 0 bridgehead atoms. The molecule has 168 valence electrons. The zero-order valence-electron chi connectivity index (χ0n) is 19.0. The lowest BCUT2D eigenvalue weighted by molar-refractivity contribution is 0.0769. The molecule has 4 rings (SSSR count). The van der Waals surface area contributed by atoms with Gasteiger partial charge in [0.15, 0.2) is 0 Å². The second-order valence-corrected chi connectivity index (χ2v) is 8.58. The summed E-state index contributed by atoms with van der Waals surface area (Å²) in [6.07, 6.45) is 2.58. The summed E-state index contributed by atoms with van der Waals surface area (Å²) in [5.74, 6) is 2.32. The molecule has 0 saturated carbocycles. The summed E-state index contributed by atoms with van der Waals surface area (Å²) < 4.78 is 10.5. The molecule has 1 unspecified atom stereocenters. The van der Waals surface area contributed by atoms with Gasteiger partial charge in [0.2, 0.25) is 11.7 Å². The Bertz CT molecular complexity index is 1030. The minimum atomic E-state index is -0.0765. The normalized spacial score (nSPS) is 16.7. The quantitative estimate of drug-likeness (QED) is 0.554. The Hall–Kier alpha value is -3.19. The molecular weight excluding hydrogens is 404 g/mol. The summed E-state index contributed by atoms with van der Waals surface area (Å²) in [7, 11) is 3.36. The molecule has 0 aliphatic carbocycles. The standard InChI is InChI=1S/C25H30N4O3/c1-18-5-4-14-29(15-18)16-19-6-8-21(9-7-19)25(30)28(2)17-23-26-24(27-32-23)20-10-12-22(31-3)13-11-20/h6-13,18H,4-5,14-17H2,1-3H3. The van der Waals surface area contributed by atoms with Crippen molar-refractivity contribution in [3.8, 4) is 17.1 Å². The number of piperidine rings is 1. The summed E-state index contributed by atoms with van der Waals surface area (Å²) in [6.45, 7) is 5.79. The molecule has 3 aromatic rings. The van der Waals surface area contributed by atoms with Gasteiger partial charge in [-0.25, -0.2) is 0 Å². The lowest BCUT2D eigenvalue weighted by Gasteiger charge is -2.30. The lowest BCUT2D eigenvalue weighted by Crippen LogP contribution is -2.33. The number of ether oxygens (including phenoxy) is 1. The van der Waals surface area contributed by atoms with Crippen LogP contribution in [-0.2, 0) is 13.1 Å². The number of nitrogens with zero attached hydrogens (tertiary/aromatic N) is 4. The van der Waals surface area contributed by atoms with E-state index in [-0.39, 0.29) is 12.5 Å². The fourth-order valence-corrected chi connectivity index (χ4v) is 4.11. The van der Waals surface area contributed by atoms with Gasteiger partial charge in [-0.05, 0) is 67.3 Å². The highest BCUT2D eigenvalue weighted by Gasteiger charge is 2.18. The van der Waals surface area contributed by atoms with Crippen molar-refractivity contribution in [2.45, 2.75) is 32.9 Å². The van der Waals surface area contributed by atoms with Gasteiger partial charge in [0, 0.05) is 31.3 Å². The molecule has 1 fully saturated rings. The van der Waals surface area contributed by atoms with E-state index in [9.17, 15) is 4.79 Å². The van der Waals surface area contributed by atoms with E-state index < -0.39 is 0 Å². The van der Waals surface area contributed by atoms with E-state index in [4.69, 9.17) is 9.26 Å². The third-order valence-corrected chi connectivity index (χ3v) is 5.88. The minimum absolute atomic E-state index is 0.0765. The molecule has 0 spiro atoms. The average molecular weight is 435 g/mol. The summed E-state index contributed by atoms with van der Waals surface area (Å²) in [4.78, 5) is 21.4. The zero-order chi connectivity index (χ0) is 22.5. The van der Waals surface area contributed by atoms with Crippen LogP contribution in [0.3, 0.4) is 0 Å². The molecule has 0 radical (unpaired) electrons. The fraction of sp³-hybridized carbons (Fsp3) is 0.400. The van der Waals surface area contributed by atoms with Crippen molar-refractivity contribution < 1.29 is 14.1 Å². The Balaban J connectivity index is 1.34. The third kappa shape index (κ3) is 5.34. The molecule has 1 atom stereocenters. The van der Waals surface area contributed by atoms with Gasteiger partial charge in [-0.2, -0.15) is 4.98 Å². The number of rotatable bonds is 7. The van der Waals surface area contributed by atoms with E-state index in [1.165, 1.54) is 18.4 Å². The SMILES string of the molecule is COc1ccc(-c2noc(CN(C)C(=O)c3ccc(CN4CCCC(C)C4)cc3)n2)cc1. The summed E-state index contributed by atoms with van der Waals surface area (Å²) in [6, 6.07) is 15.3. The predicted octanol–water partition coefficient (Wildman–Crippen LogP) is 4.25. The van der Waals surface area contributed by atoms with Crippen LogP contribution in [0.2, 0.25) is 0 Å². The first-order valence-electron chi connectivity index (χ1n) is 11.1. The Morgan fingerprint density at radius 2 is 1.94 bits per heavy atom. The van der Waals surface area contributed by atoms with Gasteiger partial charge < -0.3 is 14.2 Å². The number of carbonyl (C=O) groups excluding carboxylic acids is 1. The highest BCUT2D eigenvalue weighted by molar-refractivity contribution is 5.94. The molecule has 1 aromatic heterocycles. The Kier molecular flexibility index (Phi) is 6.85. The molecule has 1 aliphatic rings. The fourth-order valence-electron chi connectivity index (χ4n) is 4.11. The highest BCUT2D eigenvalue weighted by Crippen LogP contribution is 2.21. The van der Waals surface area contributed by atoms with Crippen molar-refractivity contribution in [2.24, 2.45) is 5.92 Å². The van der Waals surface area contributed by atoms with Gasteiger partial charge in [0.25, 0.3) is 5.91 Å². The number of hydrogen-bond acceptors (Lipinski definition) is 6. The molecule has 7 heteroatoms. The molecule has 1 saturated heterocycles. The first kappa shape index (κ1) is 22.0. The molecule has 2 aromatic carbocycles. The van der Waals surface area contributed by atoms with Crippen molar-refractivity contribution in [3.05, 3.63) is 65.5 Å². The van der Waals surface area contributed by atoms with E-state index >= 15 is 0 Å². The Morgan fingerprint density at radius 3 is 2.62 bits per heavy atom. The average Bonchev–Trinajstić information content (AvgIpc) is 3.27. The van der Waals surface area contributed by atoms with Gasteiger partial charge in [-0.1, -0.05) is 24.2 Å². The minimum Gasteiger partial charge on any atom is -0.497 e. The summed E-state index contributed by atoms with van der Waals surface area (Å²) >= 11 is 0. The number of carbonyl (C=O) groups is 1. The van der Waals surface area contributed by atoms with Crippen molar-refractivity contribution in [3.63, 3.8) is 0 Å². The number of methoxy groups -OCH3 is 1. The molecule has 2 heterocycles. The number of likely N-dealkylation sites (tertiary alicyclic amines) is 1. The molecule has 1 aliphatic heterocycles. The second kappa shape index (κ2) is 9.96. The van der Waals surface area contributed by atoms with Crippen molar-refractivity contribution >= 4 is 5.91 Å².